The highest BCUT2D eigenvalue weighted by atomic mass is 16.3. The molecular weight excluding hydrogens is 140 g/mol. The number of aliphatic hydroxyl groups excluding tert-OH is 2. The van der Waals surface area contributed by atoms with Crippen LogP contribution >= 0.6 is 0 Å². The third-order valence-corrected chi connectivity index (χ3v) is 2.51. The molecule has 0 radical (unpaired) electrons. The first-order chi connectivity index (χ1) is 5.33. The summed E-state index contributed by atoms with van der Waals surface area (Å²) < 4.78 is 0. The molecule has 0 saturated heterocycles. The van der Waals surface area contributed by atoms with Crippen LogP contribution < -0.4 is 0 Å². The smallest absolute Gasteiger partial charge is 0.0543 e. The second kappa shape index (κ2) is 4.73. The molecule has 0 aliphatic heterocycles. The van der Waals surface area contributed by atoms with Crippen LogP contribution in [0.3, 0.4) is 0 Å². The summed E-state index contributed by atoms with van der Waals surface area (Å²) in [4.78, 5) is 0. The number of hydrogen-bond donors (Lipinski definition) is 2. The average molecular weight is 158 g/mol. The summed E-state index contributed by atoms with van der Waals surface area (Å²) in [5.41, 5.74) is 0. The summed E-state index contributed by atoms with van der Waals surface area (Å²) in [6, 6.07) is 0. The predicted molar refractivity (Wildman–Crippen MR) is 44.3 cm³/mol. The molecule has 2 atom stereocenters. The van der Waals surface area contributed by atoms with Crippen LogP contribution in [0.15, 0.2) is 0 Å². The monoisotopic (exact) mass is 158 g/mol. The fourth-order valence-corrected chi connectivity index (χ4v) is 1.78. The third-order valence-electron chi connectivity index (χ3n) is 2.51. The predicted octanol–water partition coefficient (Wildman–Crippen LogP) is 1.31. The van der Waals surface area contributed by atoms with Gasteiger partial charge in [0.15, 0.2) is 0 Å². The van der Waals surface area contributed by atoms with Crippen LogP contribution in [0.1, 0.15) is 38.5 Å². The first-order valence-corrected chi connectivity index (χ1v) is 4.62. The zero-order chi connectivity index (χ0) is 8.10. The van der Waals surface area contributed by atoms with Crippen molar-refractivity contribution in [3.05, 3.63) is 0 Å². The normalized spacial score (nSPS) is 34.4. The Morgan fingerprint density at radius 2 is 1.82 bits per heavy atom. The maximum atomic E-state index is 9.40. The van der Waals surface area contributed by atoms with Crippen molar-refractivity contribution in [1.82, 2.24) is 0 Å². The first-order valence-electron chi connectivity index (χ1n) is 4.62. The molecule has 2 heteroatoms. The van der Waals surface area contributed by atoms with Gasteiger partial charge in [-0.25, -0.2) is 0 Å². The molecular formula is C9H18O2. The van der Waals surface area contributed by atoms with Gasteiger partial charge in [0.1, 0.15) is 0 Å². The molecule has 66 valence electrons. The molecule has 0 bridgehead atoms. The molecule has 1 rings (SSSR count). The standard InChI is InChI=1S/C9H18O2/c10-7-8-4-2-1-3-5-9(11)6-8/h8-11H,1-7H2/t8-,9+/m1/s1. The van der Waals surface area contributed by atoms with Crippen molar-refractivity contribution in [1.29, 1.82) is 0 Å². The van der Waals surface area contributed by atoms with E-state index in [1.807, 2.05) is 0 Å². The summed E-state index contributed by atoms with van der Waals surface area (Å²) in [6.07, 6.45) is 6.25. The van der Waals surface area contributed by atoms with Gasteiger partial charge in [0, 0.05) is 6.61 Å². The molecule has 0 aromatic rings. The average Bonchev–Trinajstić information content (AvgIpc) is 1.96. The Kier molecular flexibility index (Phi) is 3.87. The van der Waals surface area contributed by atoms with E-state index in [0.717, 1.165) is 25.7 Å². The van der Waals surface area contributed by atoms with Gasteiger partial charge in [0.05, 0.1) is 6.10 Å². The van der Waals surface area contributed by atoms with Crippen LogP contribution in [0.2, 0.25) is 0 Å². The summed E-state index contributed by atoms with van der Waals surface area (Å²) in [5, 5.41) is 18.3. The number of rotatable bonds is 1. The fraction of sp³-hybridized carbons (Fsp3) is 1.00. The highest BCUT2D eigenvalue weighted by molar-refractivity contribution is 4.68. The van der Waals surface area contributed by atoms with Gasteiger partial charge in [-0.3, -0.25) is 0 Å². The Balaban J connectivity index is 2.29. The van der Waals surface area contributed by atoms with Crippen molar-refractivity contribution in [2.45, 2.75) is 44.6 Å². The topological polar surface area (TPSA) is 40.5 Å². The Labute approximate surface area is 68.2 Å². The molecule has 1 fully saturated rings. The lowest BCUT2D eigenvalue weighted by Gasteiger charge is -2.21. The first kappa shape index (κ1) is 9.01. The van der Waals surface area contributed by atoms with Crippen LogP contribution in [0, 0.1) is 5.92 Å². The van der Waals surface area contributed by atoms with Crippen LogP contribution in [0.4, 0.5) is 0 Å². The molecule has 11 heavy (non-hydrogen) atoms. The van der Waals surface area contributed by atoms with Crippen molar-refractivity contribution < 1.29 is 10.2 Å². The summed E-state index contributed by atoms with van der Waals surface area (Å²) in [6.45, 7) is 0.247. The Bertz CT molecular complexity index is 104. The van der Waals surface area contributed by atoms with Gasteiger partial charge in [-0.15, -0.1) is 0 Å². The van der Waals surface area contributed by atoms with Gasteiger partial charge in [-0.1, -0.05) is 19.3 Å². The SMILES string of the molecule is OC[C@@H]1CCCCC[C@H](O)C1. The molecule has 0 aromatic carbocycles. The maximum Gasteiger partial charge on any atom is 0.0543 e. The lowest BCUT2D eigenvalue weighted by atomic mass is 9.90. The minimum absolute atomic E-state index is 0.160. The number of hydrogen-bond acceptors (Lipinski definition) is 2. The van der Waals surface area contributed by atoms with Crippen molar-refractivity contribution in [3.8, 4) is 0 Å². The maximum absolute atomic E-state index is 9.40. The minimum Gasteiger partial charge on any atom is -0.396 e. The van der Waals surface area contributed by atoms with E-state index in [-0.39, 0.29) is 12.7 Å². The van der Waals surface area contributed by atoms with Gasteiger partial charge in [0.2, 0.25) is 0 Å². The minimum atomic E-state index is -0.160. The van der Waals surface area contributed by atoms with Gasteiger partial charge < -0.3 is 10.2 Å². The van der Waals surface area contributed by atoms with Crippen LogP contribution in [0.5, 0.6) is 0 Å². The van der Waals surface area contributed by atoms with E-state index in [4.69, 9.17) is 5.11 Å². The van der Waals surface area contributed by atoms with Crippen molar-refractivity contribution in [2.75, 3.05) is 6.61 Å². The molecule has 0 spiro atoms. The number of aliphatic hydroxyl groups is 2. The van der Waals surface area contributed by atoms with E-state index in [2.05, 4.69) is 0 Å². The molecule has 0 amide bonds. The third kappa shape index (κ3) is 3.21. The van der Waals surface area contributed by atoms with Crippen LogP contribution in [-0.2, 0) is 0 Å². The second-order valence-corrected chi connectivity index (χ2v) is 3.58. The Morgan fingerprint density at radius 3 is 2.55 bits per heavy atom. The largest absolute Gasteiger partial charge is 0.396 e. The van der Waals surface area contributed by atoms with Crippen molar-refractivity contribution >= 4 is 0 Å². The van der Waals surface area contributed by atoms with E-state index in [1.54, 1.807) is 0 Å². The van der Waals surface area contributed by atoms with Crippen molar-refractivity contribution in [2.24, 2.45) is 5.92 Å². The molecule has 1 saturated carbocycles. The highest BCUT2D eigenvalue weighted by Gasteiger charge is 2.15. The quantitative estimate of drug-likeness (QED) is 0.604. The van der Waals surface area contributed by atoms with Gasteiger partial charge in [0.25, 0.3) is 0 Å². The van der Waals surface area contributed by atoms with Crippen LogP contribution in [0.25, 0.3) is 0 Å². The highest BCUT2D eigenvalue weighted by Crippen LogP contribution is 2.21. The zero-order valence-electron chi connectivity index (χ0n) is 7.00. The molecule has 0 aromatic heterocycles. The molecule has 0 unspecified atom stereocenters. The molecule has 2 nitrogen and oxygen atoms in total. The van der Waals surface area contributed by atoms with E-state index in [0.29, 0.717) is 5.92 Å². The van der Waals surface area contributed by atoms with E-state index >= 15 is 0 Å². The summed E-state index contributed by atoms with van der Waals surface area (Å²) in [5.74, 6) is 0.352. The lowest BCUT2D eigenvalue weighted by Crippen LogP contribution is -2.18. The van der Waals surface area contributed by atoms with Crippen LogP contribution in [-0.4, -0.2) is 22.9 Å². The second-order valence-electron chi connectivity index (χ2n) is 3.58. The molecule has 1 aliphatic rings. The molecule has 1 aliphatic carbocycles. The van der Waals surface area contributed by atoms with Crippen molar-refractivity contribution in [3.63, 3.8) is 0 Å². The zero-order valence-corrected chi connectivity index (χ0v) is 7.00. The van der Waals surface area contributed by atoms with Gasteiger partial charge in [-0.05, 0) is 25.2 Å². The lowest BCUT2D eigenvalue weighted by molar-refractivity contribution is 0.0941. The van der Waals surface area contributed by atoms with E-state index < -0.39 is 0 Å². The van der Waals surface area contributed by atoms with Gasteiger partial charge in [-0.2, -0.15) is 0 Å². The fourth-order valence-electron chi connectivity index (χ4n) is 1.78. The summed E-state index contributed by atoms with van der Waals surface area (Å²) in [7, 11) is 0. The van der Waals surface area contributed by atoms with E-state index in [9.17, 15) is 5.11 Å². The molecule has 0 heterocycles. The Hall–Kier alpha value is -0.0800. The Morgan fingerprint density at radius 1 is 1.09 bits per heavy atom. The molecule has 2 N–H and O–H groups in total. The van der Waals surface area contributed by atoms with Gasteiger partial charge >= 0.3 is 0 Å². The summed E-state index contributed by atoms with van der Waals surface area (Å²) >= 11 is 0. The van der Waals surface area contributed by atoms with E-state index in [1.165, 1.54) is 12.8 Å².